The Morgan fingerprint density at radius 1 is 0.907 bits per heavy atom. The number of carbonyl (C=O) groups excluding carboxylic acids is 1. The van der Waals surface area contributed by atoms with Gasteiger partial charge in [-0.1, -0.05) is 12.1 Å². The van der Waals surface area contributed by atoms with E-state index in [0.29, 0.717) is 61.5 Å². The zero-order valence-corrected chi connectivity index (χ0v) is 24.2. The molecule has 2 aliphatic heterocycles. The Bertz CT molecular complexity index is 1370. The molecule has 2 saturated heterocycles. The van der Waals surface area contributed by atoms with E-state index in [9.17, 15) is 13.6 Å². The Morgan fingerprint density at radius 3 is 2.33 bits per heavy atom. The number of amides is 2. The van der Waals surface area contributed by atoms with Crippen LogP contribution < -0.4 is 20.9 Å². The molecule has 4 heterocycles. The highest BCUT2D eigenvalue weighted by Crippen LogP contribution is 2.30. The number of nitrogens with one attached hydrogen (secondary N) is 3. The zero-order chi connectivity index (χ0) is 29.6. The molecule has 0 atom stereocenters. The maximum absolute atomic E-state index is 14.2. The van der Waals surface area contributed by atoms with Crippen molar-refractivity contribution in [2.75, 3.05) is 75.9 Å². The van der Waals surface area contributed by atoms with Gasteiger partial charge in [0, 0.05) is 57.4 Å². The molecule has 1 aromatic carbocycles. The van der Waals surface area contributed by atoms with Crippen molar-refractivity contribution < 1.29 is 23.0 Å². The molecule has 0 bridgehead atoms. The van der Waals surface area contributed by atoms with Gasteiger partial charge in [-0.15, -0.1) is 0 Å². The number of imidazole rings is 1. The first kappa shape index (κ1) is 29.5. The summed E-state index contributed by atoms with van der Waals surface area (Å²) < 4.78 is 40.6. The van der Waals surface area contributed by atoms with E-state index < -0.39 is 6.43 Å². The minimum atomic E-state index is -2.77. The second kappa shape index (κ2) is 13.8. The van der Waals surface area contributed by atoms with E-state index in [-0.39, 0.29) is 23.9 Å². The number of hydrogen-bond donors (Lipinski definition) is 3. The highest BCUT2D eigenvalue weighted by atomic mass is 19.3. The number of halogens is 2. The van der Waals surface area contributed by atoms with Crippen molar-refractivity contribution in [3.05, 3.63) is 36.2 Å². The Balaban J connectivity index is 1.12. The zero-order valence-electron chi connectivity index (χ0n) is 24.2. The first-order chi connectivity index (χ1) is 21.0. The highest BCUT2D eigenvalue weighted by molar-refractivity contribution is 5.78. The number of alkyl halides is 2. The summed E-state index contributed by atoms with van der Waals surface area (Å²) in [5.41, 5.74) is 1.04. The average Bonchev–Trinajstić information content (AvgIpc) is 3.43. The standard InChI is InChI=1S/C29H39F2N9O3/c30-26(31)27-35-22-3-1-2-4-23(22)40(27)25-19-24(39-13-17-43-18-14-39)36-28(37-25)33-20-5-7-21(8-6-20)34-29(41)32-9-10-38-11-15-42-16-12-38/h1-4,19-21,26H,5-18H2,(H2,32,34,41)(H,33,36,37). The molecule has 0 radical (unpaired) electrons. The van der Waals surface area contributed by atoms with Gasteiger partial charge in [-0.2, -0.15) is 9.97 Å². The van der Waals surface area contributed by atoms with Crippen LogP contribution in [-0.2, 0) is 9.47 Å². The lowest BCUT2D eigenvalue weighted by Crippen LogP contribution is -2.47. The van der Waals surface area contributed by atoms with Gasteiger partial charge in [0.15, 0.2) is 5.82 Å². The topological polar surface area (TPSA) is 122 Å². The van der Waals surface area contributed by atoms with E-state index in [0.717, 1.165) is 58.5 Å². The van der Waals surface area contributed by atoms with E-state index in [1.807, 2.05) is 0 Å². The normalized spacial score (nSPS) is 21.7. The van der Waals surface area contributed by atoms with Gasteiger partial charge in [0.1, 0.15) is 11.6 Å². The maximum atomic E-state index is 14.2. The van der Waals surface area contributed by atoms with Crippen LogP contribution in [0.15, 0.2) is 30.3 Å². The summed E-state index contributed by atoms with van der Waals surface area (Å²) in [7, 11) is 0. The molecule has 1 aliphatic carbocycles. The van der Waals surface area contributed by atoms with Gasteiger partial charge in [-0.3, -0.25) is 9.47 Å². The van der Waals surface area contributed by atoms with Crippen molar-refractivity contribution in [2.45, 2.75) is 44.2 Å². The smallest absolute Gasteiger partial charge is 0.315 e. The molecule has 232 valence electrons. The summed E-state index contributed by atoms with van der Waals surface area (Å²) in [5, 5.41) is 9.53. The van der Waals surface area contributed by atoms with Crippen LogP contribution in [0.4, 0.5) is 25.3 Å². The van der Waals surface area contributed by atoms with Crippen molar-refractivity contribution in [3.8, 4) is 5.82 Å². The van der Waals surface area contributed by atoms with Gasteiger partial charge < -0.3 is 30.3 Å². The number of urea groups is 1. The fourth-order valence-corrected chi connectivity index (χ4v) is 5.94. The Kier molecular flexibility index (Phi) is 9.44. The van der Waals surface area contributed by atoms with Gasteiger partial charge in [0.25, 0.3) is 6.43 Å². The number of fused-ring (bicyclic) bond motifs is 1. The first-order valence-corrected chi connectivity index (χ1v) is 15.1. The largest absolute Gasteiger partial charge is 0.379 e. The van der Waals surface area contributed by atoms with Crippen LogP contribution >= 0.6 is 0 Å². The molecule has 0 unspecified atom stereocenters. The number of hydrogen-bond acceptors (Lipinski definition) is 9. The Hall–Kier alpha value is -3.62. The van der Waals surface area contributed by atoms with Crippen molar-refractivity contribution in [3.63, 3.8) is 0 Å². The van der Waals surface area contributed by atoms with Crippen LogP contribution in [0.5, 0.6) is 0 Å². The lowest BCUT2D eigenvalue weighted by Gasteiger charge is -2.31. The third-order valence-electron chi connectivity index (χ3n) is 8.26. The van der Waals surface area contributed by atoms with E-state index >= 15 is 0 Å². The van der Waals surface area contributed by atoms with Gasteiger partial charge in [-0.05, 0) is 37.8 Å². The summed E-state index contributed by atoms with van der Waals surface area (Å²) >= 11 is 0. The highest BCUT2D eigenvalue weighted by Gasteiger charge is 2.26. The quantitative estimate of drug-likeness (QED) is 0.341. The molecule has 3 aliphatic rings. The van der Waals surface area contributed by atoms with Gasteiger partial charge in [-0.25, -0.2) is 18.6 Å². The Morgan fingerprint density at radius 2 is 1.58 bits per heavy atom. The fraction of sp³-hybridized carbons (Fsp3) is 0.586. The molecule has 3 N–H and O–H groups in total. The predicted molar refractivity (Wildman–Crippen MR) is 158 cm³/mol. The number of anilines is 2. The fourth-order valence-electron chi connectivity index (χ4n) is 5.94. The number of carbonyl (C=O) groups is 1. The maximum Gasteiger partial charge on any atom is 0.315 e. The second-order valence-electron chi connectivity index (χ2n) is 11.1. The molecule has 43 heavy (non-hydrogen) atoms. The van der Waals surface area contributed by atoms with Crippen LogP contribution in [0.3, 0.4) is 0 Å². The summed E-state index contributed by atoms with van der Waals surface area (Å²) in [6.45, 7) is 7.11. The molecular weight excluding hydrogens is 560 g/mol. The SMILES string of the molecule is O=C(NCCN1CCOCC1)NC1CCC(Nc2nc(N3CCOCC3)cc(-n3c(C(F)F)nc4ccccc43)n2)CC1. The van der Waals surface area contributed by atoms with Gasteiger partial charge in [0.05, 0.1) is 37.5 Å². The summed E-state index contributed by atoms with van der Waals surface area (Å²) in [6.07, 6.45) is 0.480. The molecular formula is C29H39F2N9O3. The molecule has 14 heteroatoms. The summed E-state index contributed by atoms with van der Waals surface area (Å²) in [4.78, 5) is 30.5. The second-order valence-corrected chi connectivity index (χ2v) is 11.1. The minimum absolute atomic E-state index is 0.0866. The first-order valence-electron chi connectivity index (χ1n) is 15.1. The molecule has 12 nitrogen and oxygen atoms in total. The summed E-state index contributed by atoms with van der Waals surface area (Å²) in [5.74, 6) is 1.02. The van der Waals surface area contributed by atoms with Crippen LogP contribution in [-0.4, -0.2) is 108 Å². The van der Waals surface area contributed by atoms with E-state index in [4.69, 9.17) is 19.4 Å². The van der Waals surface area contributed by atoms with E-state index in [2.05, 4.69) is 30.7 Å². The van der Waals surface area contributed by atoms with Crippen LogP contribution in [0.2, 0.25) is 0 Å². The lowest BCUT2D eigenvalue weighted by molar-refractivity contribution is 0.0387. The summed E-state index contributed by atoms with van der Waals surface area (Å²) in [6, 6.07) is 8.85. The third-order valence-corrected chi connectivity index (χ3v) is 8.26. The monoisotopic (exact) mass is 599 g/mol. The number of nitrogens with zero attached hydrogens (tertiary/aromatic N) is 6. The third kappa shape index (κ3) is 7.31. The molecule has 3 fully saturated rings. The molecule has 2 amide bonds. The molecule has 3 aromatic rings. The van der Waals surface area contributed by atoms with Crippen molar-refractivity contribution in [1.82, 2.24) is 35.1 Å². The molecule has 0 spiro atoms. The van der Waals surface area contributed by atoms with Crippen molar-refractivity contribution >= 4 is 28.8 Å². The number of aromatic nitrogens is 4. The Labute approximate surface area is 249 Å². The van der Waals surface area contributed by atoms with Gasteiger partial charge in [0.2, 0.25) is 5.95 Å². The number of morpholine rings is 2. The molecule has 2 aromatic heterocycles. The number of ether oxygens (including phenoxy) is 2. The minimum Gasteiger partial charge on any atom is -0.379 e. The average molecular weight is 600 g/mol. The molecule has 1 saturated carbocycles. The lowest BCUT2D eigenvalue weighted by atomic mass is 9.91. The van der Waals surface area contributed by atoms with E-state index in [1.54, 1.807) is 30.3 Å². The molecule has 6 rings (SSSR count). The van der Waals surface area contributed by atoms with Crippen LogP contribution in [0.1, 0.15) is 37.9 Å². The number of para-hydroxylation sites is 2. The van der Waals surface area contributed by atoms with E-state index in [1.165, 1.54) is 4.57 Å². The predicted octanol–water partition coefficient (Wildman–Crippen LogP) is 2.94. The number of rotatable bonds is 9. The van der Waals surface area contributed by atoms with Crippen LogP contribution in [0.25, 0.3) is 16.9 Å². The number of benzene rings is 1. The van der Waals surface area contributed by atoms with Gasteiger partial charge >= 0.3 is 6.03 Å². The van der Waals surface area contributed by atoms with Crippen molar-refractivity contribution in [1.29, 1.82) is 0 Å². The van der Waals surface area contributed by atoms with Crippen LogP contribution in [0, 0.1) is 0 Å². The van der Waals surface area contributed by atoms with Crippen molar-refractivity contribution in [2.24, 2.45) is 0 Å².